The molecule has 39 heavy (non-hydrogen) atoms. The molecule has 0 aromatic heterocycles. The molecule has 6 unspecified atom stereocenters. The van der Waals surface area contributed by atoms with Gasteiger partial charge < -0.3 is 83.6 Å². The van der Waals surface area contributed by atoms with Gasteiger partial charge in [0.15, 0.2) is 12.6 Å². The third kappa shape index (κ3) is 7.21. The summed E-state index contributed by atoms with van der Waals surface area (Å²) >= 11 is 0. The van der Waals surface area contributed by atoms with E-state index in [0.717, 1.165) is 0 Å². The Morgan fingerprint density at radius 2 is 1.56 bits per heavy atom. The van der Waals surface area contributed by atoms with Gasteiger partial charge in [0.25, 0.3) is 0 Å². The van der Waals surface area contributed by atoms with Gasteiger partial charge in [-0.1, -0.05) is 0 Å². The van der Waals surface area contributed by atoms with Gasteiger partial charge in [-0.05, 0) is 25.8 Å². The number of ether oxygens (including phenoxy) is 4. The van der Waals surface area contributed by atoms with Gasteiger partial charge in [0.2, 0.25) is 5.91 Å². The fourth-order valence-electron chi connectivity index (χ4n) is 5.03. The molecule has 1 aliphatic carbocycles. The molecule has 228 valence electrons. The van der Waals surface area contributed by atoms with Crippen LogP contribution in [0.15, 0.2) is 0 Å². The van der Waals surface area contributed by atoms with Crippen molar-refractivity contribution in [2.75, 3.05) is 19.7 Å². The molecule has 0 aromatic rings. The quantitative estimate of drug-likeness (QED) is 0.116. The molecular formula is C22H44N6O11. The molecule has 3 fully saturated rings. The van der Waals surface area contributed by atoms with Crippen molar-refractivity contribution in [1.29, 1.82) is 0 Å². The molecule has 2 saturated heterocycles. The molecule has 17 nitrogen and oxygen atoms in total. The molecule has 15 atom stereocenters. The number of carbonyl (C=O) groups is 1. The third-order valence-corrected chi connectivity index (χ3v) is 7.50. The van der Waals surface area contributed by atoms with Gasteiger partial charge in [-0.2, -0.15) is 0 Å². The molecule has 0 radical (unpaired) electrons. The molecule has 2 heterocycles. The van der Waals surface area contributed by atoms with E-state index in [9.17, 15) is 35.4 Å². The Morgan fingerprint density at radius 3 is 2.18 bits per heavy atom. The topological polar surface area (TPSA) is 317 Å². The first-order valence-electron chi connectivity index (χ1n) is 13.0. The molecule has 0 bridgehead atoms. The molecule has 0 spiro atoms. The first-order valence-corrected chi connectivity index (χ1v) is 13.0. The van der Waals surface area contributed by atoms with E-state index < -0.39 is 98.1 Å². The lowest BCUT2D eigenvalue weighted by Crippen LogP contribution is -2.74. The number of amides is 1. The van der Waals surface area contributed by atoms with Gasteiger partial charge in [0.05, 0.1) is 43.0 Å². The van der Waals surface area contributed by atoms with Crippen LogP contribution in [0.1, 0.15) is 19.3 Å². The Hall–Kier alpha value is -1.13. The maximum Gasteiger partial charge on any atom is 0.249 e. The fraction of sp³-hybridized carbons (Fsp3) is 0.955. The SMILES string of the molecule is NCC[C@H](O)C(=O)N[C@@H]1C(O)[C@H](N)C(O[C@H]2O[C@H](CN)CCC2N)C(O)[C@H]1O[C@H]1OC(CO)[C@H](O)[C@H](N)C1O. The summed E-state index contributed by atoms with van der Waals surface area (Å²) in [5.74, 6) is -0.925. The molecule has 1 amide bonds. The van der Waals surface area contributed by atoms with Crippen LogP contribution < -0.4 is 34.0 Å². The highest BCUT2D eigenvalue weighted by Crippen LogP contribution is 2.31. The Morgan fingerprint density at radius 1 is 0.897 bits per heavy atom. The standard InChI is InChI=1S/C22H44N6O11/c23-4-3-9(30)20(35)28-13-15(32)12(27)18(38-21-8(25)2-1-7(5-24)36-21)17(34)19(13)39-22-16(33)11(26)14(31)10(6-29)37-22/h7-19,21-22,29-34H,1-6,23-27H2,(H,28,35)/t7-,8?,9-,10?,11-,12-,13+,14-,15?,16?,17?,18?,19-,21+,22+/m0/s1. The lowest BCUT2D eigenvalue weighted by molar-refractivity contribution is -0.319. The molecule has 3 aliphatic rings. The smallest absolute Gasteiger partial charge is 0.249 e. The van der Waals surface area contributed by atoms with E-state index in [2.05, 4.69) is 5.32 Å². The highest BCUT2D eigenvalue weighted by molar-refractivity contribution is 5.81. The third-order valence-electron chi connectivity index (χ3n) is 7.50. The Balaban J connectivity index is 1.88. The molecular weight excluding hydrogens is 524 g/mol. The van der Waals surface area contributed by atoms with E-state index in [4.69, 9.17) is 47.6 Å². The second-order valence-corrected chi connectivity index (χ2v) is 10.3. The van der Waals surface area contributed by atoms with Crippen LogP contribution in [-0.2, 0) is 23.7 Å². The minimum Gasteiger partial charge on any atom is -0.394 e. The van der Waals surface area contributed by atoms with Crippen LogP contribution in [0.2, 0.25) is 0 Å². The Labute approximate surface area is 225 Å². The number of nitrogens with two attached hydrogens (primary N) is 5. The average Bonchev–Trinajstić information content (AvgIpc) is 2.92. The second kappa shape index (κ2) is 14.2. The Kier molecular flexibility index (Phi) is 11.8. The zero-order valence-electron chi connectivity index (χ0n) is 21.5. The van der Waals surface area contributed by atoms with Crippen molar-refractivity contribution in [3.05, 3.63) is 0 Å². The number of rotatable bonds is 10. The van der Waals surface area contributed by atoms with Crippen molar-refractivity contribution in [3.8, 4) is 0 Å². The summed E-state index contributed by atoms with van der Waals surface area (Å²) in [5, 5.41) is 65.3. The number of carbonyl (C=O) groups excluding carboxylic acids is 1. The number of nitrogens with one attached hydrogen (secondary N) is 1. The van der Waals surface area contributed by atoms with Crippen molar-refractivity contribution < 1.29 is 54.4 Å². The number of aliphatic hydroxyl groups is 6. The highest BCUT2D eigenvalue weighted by Gasteiger charge is 2.54. The monoisotopic (exact) mass is 568 g/mol. The van der Waals surface area contributed by atoms with Crippen molar-refractivity contribution in [2.45, 2.75) is 111 Å². The van der Waals surface area contributed by atoms with E-state index in [1.165, 1.54) is 0 Å². The van der Waals surface area contributed by atoms with Gasteiger partial charge >= 0.3 is 0 Å². The van der Waals surface area contributed by atoms with Crippen molar-refractivity contribution in [1.82, 2.24) is 5.32 Å². The molecule has 0 aromatic carbocycles. The predicted molar refractivity (Wildman–Crippen MR) is 132 cm³/mol. The van der Waals surface area contributed by atoms with Crippen LogP contribution in [0.25, 0.3) is 0 Å². The lowest BCUT2D eigenvalue weighted by atomic mass is 9.81. The summed E-state index contributed by atoms with van der Waals surface area (Å²) < 4.78 is 23.0. The summed E-state index contributed by atoms with van der Waals surface area (Å²) in [6, 6.07) is -4.65. The van der Waals surface area contributed by atoms with E-state index in [1.54, 1.807) is 0 Å². The maximum absolute atomic E-state index is 12.6. The molecule has 17 N–H and O–H groups in total. The van der Waals surface area contributed by atoms with Gasteiger partial charge in [-0.25, -0.2) is 0 Å². The minimum absolute atomic E-state index is 0.00387. The first-order chi connectivity index (χ1) is 18.4. The van der Waals surface area contributed by atoms with E-state index >= 15 is 0 Å². The largest absolute Gasteiger partial charge is 0.394 e. The van der Waals surface area contributed by atoms with E-state index in [1.807, 2.05) is 0 Å². The normalized spacial score (nSPS) is 46.0. The van der Waals surface area contributed by atoms with Gasteiger partial charge in [0, 0.05) is 6.54 Å². The van der Waals surface area contributed by atoms with Gasteiger partial charge in [0.1, 0.15) is 42.7 Å². The van der Waals surface area contributed by atoms with Crippen LogP contribution in [0.3, 0.4) is 0 Å². The van der Waals surface area contributed by atoms with Gasteiger partial charge in [-0.15, -0.1) is 0 Å². The number of hydrogen-bond acceptors (Lipinski definition) is 16. The molecule has 2 aliphatic heterocycles. The van der Waals surface area contributed by atoms with Crippen LogP contribution >= 0.6 is 0 Å². The zero-order valence-corrected chi connectivity index (χ0v) is 21.5. The highest BCUT2D eigenvalue weighted by atomic mass is 16.7. The summed E-state index contributed by atoms with van der Waals surface area (Å²) in [6.07, 6.45) is -14.1. The van der Waals surface area contributed by atoms with Crippen LogP contribution in [0.4, 0.5) is 0 Å². The second-order valence-electron chi connectivity index (χ2n) is 10.3. The number of aliphatic hydroxyl groups excluding tert-OH is 6. The zero-order chi connectivity index (χ0) is 29.0. The molecule has 1 saturated carbocycles. The van der Waals surface area contributed by atoms with Crippen LogP contribution in [0, 0.1) is 0 Å². The van der Waals surface area contributed by atoms with Crippen molar-refractivity contribution in [3.63, 3.8) is 0 Å². The fourth-order valence-corrected chi connectivity index (χ4v) is 5.03. The predicted octanol–water partition coefficient (Wildman–Crippen LogP) is -7.43. The lowest BCUT2D eigenvalue weighted by Gasteiger charge is -2.50. The first kappa shape index (κ1) is 32.4. The van der Waals surface area contributed by atoms with Gasteiger partial charge in [-0.3, -0.25) is 4.79 Å². The van der Waals surface area contributed by atoms with Crippen LogP contribution in [-0.4, -0.2) is 148 Å². The summed E-state index contributed by atoms with van der Waals surface area (Å²) in [7, 11) is 0. The summed E-state index contributed by atoms with van der Waals surface area (Å²) in [4.78, 5) is 12.6. The summed E-state index contributed by atoms with van der Waals surface area (Å²) in [5.41, 5.74) is 29.4. The molecule has 17 heteroatoms. The maximum atomic E-state index is 12.6. The summed E-state index contributed by atoms with van der Waals surface area (Å²) in [6.45, 7) is -0.469. The van der Waals surface area contributed by atoms with Crippen molar-refractivity contribution >= 4 is 5.91 Å². The average molecular weight is 569 g/mol. The Bertz CT molecular complexity index is 787. The van der Waals surface area contributed by atoms with Crippen LogP contribution in [0.5, 0.6) is 0 Å². The van der Waals surface area contributed by atoms with E-state index in [-0.39, 0.29) is 25.6 Å². The minimum atomic E-state index is -1.68. The molecule has 3 rings (SSSR count). The van der Waals surface area contributed by atoms with E-state index in [0.29, 0.717) is 12.8 Å². The number of hydrogen-bond donors (Lipinski definition) is 12. The van der Waals surface area contributed by atoms with Crippen molar-refractivity contribution in [2.24, 2.45) is 28.7 Å².